The molecule has 0 radical (unpaired) electrons. The summed E-state index contributed by atoms with van der Waals surface area (Å²) in [7, 11) is 5.82. The molecule has 1 aliphatic rings. The highest BCUT2D eigenvalue weighted by atomic mass is 127. The van der Waals surface area contributed by atoms with Crippen molar-refractivity contribution in [2.75, 3.05) is 26.0 Å². The monoisotopic (exact) mass is 376 g/mol. The molecule has 106 valence electrons. The van der Waals surface area contributed by atoms with Crippen molar-refractivity contribution in [3.8, 4) is 0 Å². The number of nitrogens with zero attached hydrogens (tertiary/aromatic N) is 5. The molecule has 1 heterocycles. The lowest BCUT2D eigenvalue weighted by atomic mass is 10.4. The maximum atomic E-state index is 5.93. The van der Waals surface area contributed by atoms with E-state index in [0.717, 1.165) is 5.69 Å². The van der Waals surface area contributed by atoms with E-state index in [2.05, 4.69) is 15.0 Å². The fourth-order valence-corrected chi connectivity index (χ4v) is 1.61. The molecule has 0 unspecified atom stereocenters. The maximum absolute atomic E-state index is 5.93. The number of aliphatic imine (C=N–C) groups is 1. The van der Waals surface area contributed by atoms with Gasteiger partial charge in [-0.3, -0.25) is 0 Å². The lowest BCUT2D eigenvalue weighted by Gasteiger charge is -2.16. The molecule has 1 aliphatic carbocycles. The van der Waals surface area contributed by atoms with Crippen LogP contribution in [0.1, 0.15) is 18.5 Å². The molecule has 1 saturated carbocycles. The Kier molecular flexibility index (Phi) is 5.77. The van der Waals surface area contributed by atoms with Gasteiger partial charge in [0.05, 0.1) is 12.2 Å². The van der Waals surface area contributed by atoms with Gasteiger partial charge in [0.2, 0.25) is 5.95 Å². The first kappa shape index (κ1) is 15.9. The highest BCUT2D eigenvalue weighted by Gasteiger charge is 2.27. The first-order chi connectivity index (χ1) is 8.58. The molecule has 0 aromatic carbocycles. The van der Waals surface area contributed by atoms with Crippen LogP contribution >= 0.6 is 24.0 Å². The Labute approximate surface area is 131 Å². The van der Waals surface area contributed by atoms with E-state index < -0.39 is 0 Å². The zero-order valence-corrected chi connectivity index (χ0v) is 13.9. The average molecular weight is 376 g/mol. The summed E-state index contributed by atoms with van der Waals surface area (Å²) in [6.07, 6.45) is 4.17. The Morgan fingerprint density at radius 1 is 1.42 bits per heavy atom. The molecule has 2 N–H and O–H groups in total. The van der Waals surface area contributed by atoms with Crippen LogP contribution in [0.15, 0.2) is 17.3 Å². The predicted molar refractivity (Wildman–Crippen MR) is 87.9 cm³/mol. The minimum Gasteiger partial charge on any atom is -0.370 e. The fourth-order valence-electron chi connectivity index (χ4n) is 1.61. The van der Waals surface area contributed by atoms with Gasteiger partial charge in [0.1, 0.15) is 0 Å². The van der Waals surface area contributed by atoms with Crippen molar-refractivity contribution in [1.82, 2.24) is 14.9 Å². The molecule has 0 amide bonds. The van der Waals surface area contributed by atoms with Gasteiger partial charge in [0, 0.05) is 33.4 Å². The van der Waals surface area contributed by atoms with Crippen LogP contribution in [0, 0.1) is 0 Å². The summed E-state index contributed by atoms with van der Waals surface area (Å²) in [5.74, 6) is 1.28. The molecule has 1 aromatic heterocycles. The van der Waals surface area contributed by atoms with Gasteiger partial charge < -0.3 is 15.5 Å². The van der Waals surface area contributed by atoms with Crippen LogP contribution in [0.4, 0.5) is 5.95 Å². The second-order valence-electron chi connectivity index (χ2n) is 4.76. The Morgan fingerprint density at radius 2 is 2.11 bits per heavy atom. The van der Waals surface area contributed by atoms with Crippen LogP contribution in [-0.2, 0) is 6.54 Å². The number of halogens is 1. The number of aromatic nitrogens is 2. The normalized spacial score (nSPS) is 14.8. The number of hydrogen-bond donors (Lipinski definition) is 1. The number of nitrogens with two attached hydrogens (primary N) is 1. The van der Waals surface area contributed by atoms with Crippen molar-refractivity contribution in [3.05, 3.63) is 18.0 Å². The summed E-state index contributed by atoms with van der Waals surface area (Å²) in [4.78, 5) is 16.8. The molecule has 1 aromatic rings. The van der Waals surface area contributed by atoms with E-state index in [0.29, 0.717) is 24.5 Å². The second kappa shape index (κ2) is 6.88. The van der Waals surface area contributed by atoms with Gasteiger partial charge in [0.15, 0.2) is 5.96 Å². The molecule has 2 rings (SSSR count). The molecule has 0 spiro atoms. The van der Waals surface area contributed by atoms with E-state index in [1.54, 1.807) is 6.20 Å². The van der Waals surface area contributed by atoms with E-state index in [1.807, 2.05) is 37.0 Å². The van der Waals surface area contributed by atoms with E-state index in [4.69, 9.17) is 5.73 Å². The molecular weight excluding hydrogens is 355 g/mol. The molecule has 0 saturated heterocycles. The van der Waals surface area contributed by atoms with Crippen molar-refractivity contribution in [2.24, 2.45) is 10.7 Å². The summed E-state index contributed by atoms with van der Waals surface area (Å²) >= 11 is 0. The number of hydrogen-bond acceptors (Lipinski definition) is 4. The molecule has 1 fully saturated rings. The Morgan fingerprint density at radius 3 is 2.68 bits per heavy atom. The van der Waals surface area contributed by atoms with Crippen molar-refractivity contribution in [1.29, 1.82) is 0 Å². The zero-order chi connectivity index (χ0) is 13.1. The lowest BCUT2D eigenvalue weighted by molar-refractivity contribution is 0.487. The van der Waals surface area contributed by atoms with Crippen LogP contribution in [0.5, 0.6) is 0 Å². The summed E-state index contributed by atoms with van der Waals surface area (Å²) in [6, 6.07) is 2.44. The second-order valence-corrected chi connectivity index (χ2v) is 4.76. The molecule has 0 bridgehead atoms. The minimum absolute atomic E-state index is 0. The zero-order valence-electron chi connectivity index (χ0n) is 11.6. The topological polar surface area (TPSA) is 70.6 Å². The fraction of sp³-hybridized carbons (Fsp3) is 0.583. The Hall–Kier alpha value is -1.12. The first-order valence-corrected chi connectivity index (χ1v) is 6.10. The van der Waals surface area contributed by atoms with E-state index in [9.17, 15) is 0 Å². The van der Waals surface area contributed by atoms with Crippen molar-refractivity contribution in [2.45, 2.75) is 25.4 Å². The summed E-state index contributed by atoms with van der Waals surface area (Å²) in [5.41, 5.74) is 6.80. The van der Waals surface area contributed by atoms with Gasteiger partial charge in [-0.15, -0.1) is 24.0 Å². The molecule has 0 aliphatic heterocycles. The van der Waals surface area contributed by atoms with E-state index in [-0.39, 0.29) is 24.0 Å². The van der Waals surface area contributed by atoms with Gasteiger partial charge >= 0.3 is 0 Å². The van der Waals surface area contributed by atoms with Crippen LogP contribution in [0.3, 0.4) is 0 Å². The Bertz CT molecular complexity index is 444. The third-order valence-electron chi connectivity index (χ3n) is 2.96. The summed E-state index contributed by atoms with van der Waals surface area (Å²) in [5, 5.41) is 0. The predicted octanol–water partition coefficient (Wildman–Crippen LogP) is 1.07. The van der Waals surface area contributed by atoms with Gasteiger partial charge in [-0.1, -0.05) is 0 Å². The molecular formula is C12H21IN6. The maximum Gasteiger partial charge on any atom is 0.225 e. The van der Waals surface area contributed by atoms with Gasteiger partial charge in [-0.25, -0.2) is 15.0 Å². The average Bonchev–Trinajstić information content (AvgIpc) is 3.19. The third-order valence-corrected chi connectivity index (χ3v) is 2.96. The first-order valence-electron chi connectivity index (χ1n) is 6.10. The number of rotatable bonds is 4. The van der Waals surface area contributed by atoms with Crippen molar-refractivity contribution in [3.63, 3.8) is 0 Å². The highest BCUT2D eigenvalue weighted by molar-refractivity contribution is 14.0. The SMILES string of the molecule is CN(C)c1nccc(CN=C(N)N(C)C2CC2)n1.I. The third kappa shape index (κ3) is 4.48. The summed E-state index contributed by atoms with van der Waals surface area (Å²) in [6.45, 7) is 0.492. The minimum atomic E-state index is 0. The highest BCUT2D eigenvalue weighted by Crippen LogP contribution is 2.24. The number of anilines is 1. The van der Waals surface area contributed by atoms with E-state index in [1.165, 1.54) is 12.8 Å². The van der Waals surface area contributed by atoms with E-state index >= 15 is 0 Å². The van der Waals surface area contributed by atoms with Crippen molar-refractivity contribution >= 4 is 35.9 Å². The van der Waals surface area contributed by atoms with Crippen molar-refractivity contribution < 1.29 is 0 Å². The van der Waals surface area contributed by atoms with Crippen LogP contribution in [-0.4, -0.2) is 48.0 Å². The van der Waals surface area contributed by atoms with Crippen LogP contribution in [0.2, 0.25) is 0 Å². The summed E-state index contributed by atoms with van der Waals surface area (Å²) < 4.78 is 0. The van der Waals surface area contributed by atoms with Gasteiger partial charge in [-0.05, 0) is 18.9 Å². The van der Waals surface area contributed by atoms with Gasteiger partial charge in [0.25, 0.3) is 0 Å². The standard InChI is InChI=1S/C12H20N6.HI/c1-17(2)12-14-7-6-9(16-12)8-15-11(13)18(3)10-4-5-10;/h6-7,10H,4-5,8H2,1-3H3,(H2,13,15);1H. The largest absolute Gasteiger partial charge is 0.370 e. The van der Waals surface area contributed by atoms with Crippen LogP contribution in [0.25, 0.3) is 0 Å². The molecule has 19 heavy (non-hydrogen) atoms. The quantitative estimate of drug-likeness (QED) is 0.484. The number of guanidine groups is 1. The van der Waals surface area contributed by atoms with Crippen LogP contribution < -0.4 is 10.6 Å². The smallest absolute Gasteiger partial charge is 0.225 e. The molecule has 7 heteroatoms. The van der Waals surface area contributed by atoms with Gasteiger partial charge in [-0.2, -0.15) is 0 Å². The Balaban J connectivity index is 0.00000180. The lowest BCUT2D eigenvalue weighted by Crippen LogP contribution is -2.35. The molecule has 6 nitrogen and oxygen atoms in total. The molecule has 0 atom stereocenters.